The van der Waals surface area contributed by atoms with Gasteiger partial charge in [0.15, 0.2) is 0 Å². The van der Waals surface area contributed by atoms with Gasteiger partial charge < -0.3 is 10.4 Å². The molecule has 19 heavy (non-hydrogen) atoms. The van der Waals surface area contributed by atoms with Gasteiger partial charge in [0, 0.05) is 4.47 Å². The van der Waals surface area contributed by atoms with Crippen LogP contribution in [0.1, 0.15) is 25.6 Å². The van der Waals surface area contributed by atoms with E-state index < -0.39 is 5.97 Å². The maximum atomic E-state index is 12.1. The van der Waals surface area contributed by atoms with E-state index in [-0.39, 0.29) is 10.8 Å². The molecular formula is C13H10BrNO3S. The van der Waals surface area contributed by atoms with Crippen molar-refractivity contribution >= 4 is 44.8 Å². The zero-order valence-corrected chi connectivity index (χ0v) is 12.3. The lowest BCUT2D eigenvalue weighted by Crippen LogP contribution is -2.14. The summed E-state index contributed by atoms with van der Waals surface area (Å²) in [5.74, 6) is -1.39. The van der Waals surface area contributed by atoms with Crippen LogP contribution in [0.3, 0.4) is 0 Å². The van der Waals surface area contributed by atoms with Gasteiger partial charge in [-0.1, -0.05) is 6.07 Å². The SMILES string of the molecule is Cc1ccc(C(=O)Nc2ccsc2C(=O)O)c(Br)c1. The number of hydrogen-bond acceptors (Lipinski definition) is 3. The van der Waals surface area contributed by atoms with Crippen LogP contribution in [0.4, 0.5) is 5.69 Å². The number of aryl methyl sites for hydroxylation is 1. The molecule has 2 N–H and O–H groups in total. The van der Waals surface area contributed by atoms with Gasteiger partial charge in [-0.15, -0.1) is 11.3 Å². The van der Waals surface area contributed by atoms with Gasteiger partial charge in [-0.25, -0.2) is 4.79 Å². The Labute approximate surface area is 122 Å². The number of benzene rings is 1. The monoisotopic (exact) mass is 339 g/mol. The first kappa shape index (κ1) is 13.8. The second-order valence-corrected chi connectivity index (χ2v) is 5.68. The fraction of sp³-hybridized carbons (Fsp3) is 0.0769. The van der Waals surface area contributed by atoms with Crippen LogP contribution in [0.2, 0.25) is 0 Å². The van der Waals surface area contributed by atoms with Crippen molar-refractivity contribution in [2.24, 2.45) is 0 Å². The molecule has 1 amide bonds. The average molecular weight is 340 g/mol. The lowest BCUT2D eigenvalue weighted by Gasteiger charge is -2.07. The van der Waals surface area contributed by atoms with Gasteiger partial charge in [-0.3, -0.25) is 4.79 Å². The number of carboxylic acid groups (broad SMARTS) is 1. The highest BCUT2D eigenvalue weighted by Gasteiger charge is 2.16. The number of thiophene rings is 1. The molecule has 4 nitrogen and oxygen atoms in total. The van der Waals surface area contributed by atoms with Gasteiger partial charge >= 0.3 is 5.97 Å². The van der Waals surface area contributed by atoms with Crippen LogP contribution in [-0.4, -0.2) is 17.0 Å². The minimum Gasteiger partial charge on any atom is -0.477 e. The number of halogens is 1. The molecule has 0 fully saturated rings. The minimum absolute atomic E-state index is 0.122. The highest BCUT2D eigenvalue weighted by Crippen LogP contribution is 2.24. The van der Waals surface area contributed by atoms with Gasteiger partial charge in [0.05, 0.1) is 11.3 Å². The van der Waals surface area contributed by atoms with Crippen molar-refractivity contribution in [1.82, 2.24) is 0 Å². The number of rotatable bonds is 3. The van der Waals surface area contributed by atoms with E-state index in [1.54, 1.807) is 17.5 Å². The molecule has 0 saturated carbocycles. The predicted molar refractivity (Wildman–Crippen MR) is 78.1 cm³/mol. The molecule has 0 aliphatic heterocycles. The highest BCUT2D eigenvalue weighted by atomic mass is 79.9. The van der Waals surface area contributed by atoms with Crippen molar-refractivity contribution in [3.8, 4) is 0 Å². The fourth-order valence-electron chi connectivity index (χ4n) is 1.57. The van der Waals surface area contributed by atoms with Crippen LogP contribution in [0, 0.1) is 6.92 Å². The van der Waals surface area contributed by atoms with Gasteiger partial charge in [0.2, 0.25) is 0 Å². The Kier molecular flexibility index (Phi) is 4.01. The molecule has 0 aliphatic carbocycles. The van der Waals surface area contributed by atoms with Crippen LogP contribution in [0.25, 0.3) is 0 Å². The summed E-state index contributed by atoms with van der Waals surface area (Å²) in [5.41, 5.74) is 1.81. The standard InChI is InChI=1S/C13H10BrNO3S/c1-7-2-3-8(9(14)6-7)12(16)15-10-4-5-19-11(10)13(17)18/h2-6H,1H3,(H,15,16)(H,17,18). The summed E-state index contributed by atoms with van der Waals surface area (Å²) in [4.78, 5) is 23.2. The molecule has 2 rings (SSSR count). The number of carbonyl (C=O) groups is 2. The molecule has 0 radical (unpaired) electrons. The fourth-order valence-corrected chi connectivity index (χ4v) is 2.93. The molecule has 6 heteroatoms. The Hall–Kier alpha value is -1.66. The molecule has 1 aromatic heterocycles. The molecule has 0 aliphatic rings. The summed E-state index contributed by atoms with van der Waals surface area (Å²) in [6.07, 6.45) is 0. The third kappa shape index (κ3) is 3.02. The van der Waals surface area contributed by atoms with Crippen LogP contribution >= 0.6 is 27.3 Å². The first-order valence-corrected chi connectivity index (χ1v) is 7.04. The van der Waals surface area contributed by atoms with E-state index in [9.17, 15) is 9.59 Å². The largest absolute Gasteiger partial charge is 0.477 e. The van der Waals surface area contributed by atoms with Crippen molar-refractivity contribution in [2.75, 3.05) is 5.32 Å². The van der Waals surface area contributed by atoms with Crippen LogP contribution in [-0.2, 0) is 0 Å². The lowest BCUT2D eigenvalue weighted by atomic mass is 10.1. The predicted octanol–water partition coefficient (Wildman–Crippen LogP) is 3.77. The summed E-state index contributed by atoms with van der Waals surface area (Å²) in [6.45, 7) is 1.92. The number of hydrogen-bond donors (Lipinski definition) is 2. The average Bonchev–Trinajstić information content (AvgIpc) is 2.76. The third-order valence-electron chi connectivity index (χ3n) is 2.48. The number of aromatic carboxylic acids is 1. The Bertz CT molecular complexity index is 651. The normalized spacial score (nSPS) is 10.2. The molecule has 0 bridgehead atoms. The van der Waals surface area contributed by atoms with Crippen molar-refractivity contribution in [1.29, 1.82) is 0 Å². The lowest BCUT2D eigenvalue weighted by molar-refractivity contribution is 0.0703. The smallest absolute Gasteiger partial charge is 0.348 e. The second kappa shape index (κ2) is 5.54. The second-order valence-electron chi connectivity index (χ2n) is 3.91. The van der Waals surface area contributed by atoms with Crippen LogP contribution in [0.5, 0.6) is 0 Å². The number of carbonyl (C=O) groups excluding carboxylic acids is 1. The van der Waals surface area contributed by atoms with Crippen molar-refractivity contribution < 1.29 is 14.7 Å². The first-order chi connectivity index (χ1) is 8.99. The molecule has 2 aromatic rings. The van der Waals surface area contributed by atoms with Gasteiger partial charge in [0.25, 0.3) is 5.91 Å². The quantitative estimate of drug-likeness (QED) is 0.894. The van der Waals surface area contributed by atoms with E-state index >= 15 is 0 Å². The summed E-state index contributed by atoms with van der Waals surface area (Å²) in [6, 6.07) is 6.93. The Morgan fingerprint density at radius 2 is 2.05 bits per heavy atom. The molecule has 0 atom stereocenters. The summed E-state index contributed by atoms with van der Waals surface area (Å²) in [7, 11) is 0. The molecule has 0 saturated heterocycles. The number of anilines is 1. The topological polar surface area (TPSA) is 66.4 Å². The molecule has 1 heterocycles. The van der Waals surface area contributed by atoms with Crippen molar-refractivity contribution in [2.45, 2.75) is 6.92 Å². The van der Waals surface area contributed by atoms with E-state index in [1.807, 2.05) is 19.1 Å². The van der Waals surface area contributed by atoms with E-state index in [0.29, 0.717) is 15.7 Å². The van der Waals surface area contributed by atoms with Crippen molar-refractivity contribution in [3.63, 3.8) is 0 Å². The van der Waals surface area contributed by atoms with Crippen LogP contribution in [0.15, 0.2) is 34.1 Å². The van der Waals surface area contributed by atoms with E-state index in [2.05, 4.69) is 21.2 Å². The molecule has 0 unspecified atom stereocenters. The maximum absolute atomic E-state index is 12.1. The van der Waals surface area contributed by atoms with Crippen molar-refractivity contribution in [3.05, 3.63) is 50.1 Å². The Balaban J connectivity index is 2.26. The summed E-state index contributed by atoms with van der Waals surface area (Å²) >= 11 is 4.40. The first-order valence-electron chi connectivity index (χ1n) is 5.37. The number of amides is 1. The van der Waals surface area contributed by atoms with Gasteiger partial charge in [-0.05, 0) is 52.0 Å². The Morgan fingerprint density at radius 1 is 1.32 bits per heavy atom. The van der Waals surface area contributed by atoms with Crippen LogP contribution < -0.4 is 5.32 Å². The highest BCUT2D eigenvalue weighted by molar-refractivity contribution is 9.10. The number of nitrogens with one attached hydrogen (secondary N) is 1. The summed E-state index contributed by atoms with van der Waals surface area (Å²) in [5, 5.41) is 13.2. The zero-order chi connectivity index (χ0) is 14.0. The maximum Gasteiger partial charge on any atom is 0.348 e. The third-order valence-corrected chi connectivity index (χ3v) is 4.04. The summed E-state index contributed by atoms with van der Waals surface area (Å²) < 4.78 is 0.678. The van der Waals surface area contributed by atoms with E-state index in [0.717, 1.165) is 16.9 Å². The van der Waals surface area contributed by atoms with E-state index in [4.69, 9.17) is 5.11 Å². The zero-order valence-electron chi connectivity index (χ0n) is 9.94. The van der Waals surface area contributed by atoms with Gasteiger partial charge in [0.1, 0.15) is 4.88 Å². The molecular weight excluding hydrogens is 330 g/mol. The molecule has 1 aromatic carbocycles. The minimum atomic E-state index is -1.05. The number of carboxylic acids is 1. The van der Waals surface area contributed by atoms with E-state index in [1.165, 1.54) is 0 Å². The Morgan fingerprint density at radius 3 is 2.68 bits per heavy atom. The molecule has 98 valence electrons. The molecule has 0 spiro atoms. The van der Waals surface area contributed by atoms with Gasteiger partial charge in [-0.2, -0.15) is 0 Å².